The first-order valence-corrected chi connectivity index (χ1v) is 9.18. The molecule has 134 valence electrons. The van der Waals surface area contributed by atoms with E-state index in [2.05, 4.69) is 31.6 Å². The highest BCUT2D eigenvalue weighted by Gasteiger charge is 2.35. The Morgan fingerprint density at radius 1 is 1.28 bits per heavy atom. The van der Waals surface area contributed by atoms with Crippen LogP contribution in [0.5, 0.6) is 0 Å². The number of rotatable bonds is 6. The number of halogens is 2. The van der Waals surface area contributed by atoms with Crippen LogP contribution in [0.2, 0.25) is 0 Å². The Bertz CT molecular complexity index is 755. The molecular weight excluding hydrogens is 406 g/mol. The Balaban J connectivity index is 0.00000182. The molecule has 4 rings (SSSR count). The molecule has 1 aromatic heterocycles. The molecule has 2 fully saturated rings. The van der Waals surface area contributed by atoms with Crippen LogP contribution in [-0.2, 0) is 0 Å². The van der Waals surface area contributed by atoms with Crippen molar-refractivity contribution in [2.75, 3.05) is 6.54 Å². The Kier molecular flexibility index (Phi) is 5.46. The lowest BCUT2D eigenvalue weighted by Crippen LogP contribution is -2.39. The normalized spacial score (nSPS) is 17.7. The molecular formula is C17H21BrClN5O. The molecule has 25 heavy (non-hydrogen) atoms. The zero-order valence-electron chi connectivity index (χ0n) is 13.7. The Labute approximate surface area is 161 Å². The van der Waals surface area contributed by atoms with Crippen LogP contribution in [0.4, 0.5) is 0 Å². The van der Waals surface area contributed by atoms with E-state index in [1.165, 1.54) is 12.8 Å². The van der Waals surface area contributed by atoms with E-state index in [9.17, 15) is 4.79 Å². The molecule has 6 nitrogen and oxygen atoms in total. The van der Waals surface area contributed by atoms with E-state index >= 15 is 0 Å². The molecule has 2 aromatic rings. The largest absolute Gasteiger partial charge is 0.349 e. The fourth-order valence-corrected chi connectivity index (χ4v) is 3.20. The Morgan fingerprint density at radius 3 is 2.56 bits per heavy atom. The molecule has 0 bridgehead atoms. The predicted octanol–water partition coefficient (Wildman–Crippen LogP) is 2.80. The first-order chi connectivity index (χ1) is 11.6. The molecule has 3 N–H and O–H groups in total. The fraction of sp³-hybridized carbons (Fsp3) is 0.471. The van der Waals surface area contributed by atoms with E-state index in [1.54, 1.807) is 4.68 Å². The fourth-order valence-electron chi connectivity index (χ4n) is 2.93. The molecule has 8 heteroatoms. The van der Waals surface area contributed by atoms with Gasteiger partial charge >= 0.3 is 0 Å². The van der Waals surface area contributed by atoms with Gasteiger partial charge in [0.25, 0.3) is 5.91 Å². The number of amides is 1. The second-order valence-corrected chi connectivity index (χ2v) is 7.61. The highest BCUT2D eigenvalue weighted by atomic mass is 79.9. The summed E-state index contributed by atoms with van der Waals surface area (Å²) in [5.74, 6) is 0.754. The van der Waals surface area contributed by atoms with E-state index in [-0.39, 0.29) is 24.4 Å². The second-order valence-electron chi connectivity index (χ2n) is 6.70. The molecule has 1 atom stereocenters. The monoisotopic (exact) mass is 425 g/mol. The average molecular weight is 427 g/mol. The van der Waals surface area contributed by atoms with E-state index in [4.69, 9.17) is 5.73 Å². The van der Waals surface area contributed by atoms with Crippen LogP contribution in [0.3, 0.4) is 0 Å². The molecule has 0 spiro atoms. The van der Waals surface area contributed by atoms with Gasteiger partial charge in [0.05, 0.1) is 11.4 Å². The van der Waals surface area contributed by atoms with Crippen molar-refractivity contribution in [3.8, 4) is 5.69 Å². The van der Waals surface area contributed by atoms with Crippen LogP contribution < -0.4 is 11.1 Å². The number of aromatic nitrogens is 3. The molecule has 0 radical (unpaired) electrons. The van der Waals surface area contributed by atoms with E-state index in [0.29, 0.717) is 24.1 Å². The minimum atomic E-state index is -0.170. The first kappa shape index (κ1) is 18.4. The second kappa shape index (κ2) is 7.43. The summed E-state index contributed by atoms with van der Waals surface area (Å²) in [5.41, 5.74) is 8.33. The van der Waals surface area contributed by atoms with Crippen LogP contribution in [0.1, 0.15) is 47.8 Å². The number of benzene rings is 1. The van der Waals surface area contributed by atoms with Gasteiger partial charge in [0.1, 0.15) is 0 Å². The lowest BCUT2D eigenvalue weighted by atomic mass is 10.2. The standard InChI is InChI=1S/C17H20BrN5O.ClH/c18-12-5-7-13(8-6-12)23-16(11-3-4-11)15(21-22-23)17(24)20-9-14(19)10-1-2-10;/h5-8,10-11,14H,1-4,9,19H2,(H,20,24);1H. The van der Waals surface area contributed by atoms with Crippen LogP contribution >= 0.6 is 28.3 Å². The maximum atomic E-state index is 12.6. The van der Waals surface area contributed by atoms with Crippen molar-refractivity contribution in [1.82, 2.24) is 20.3 Å². The average Bonchev–Trinajstić information content (AvgIpc) is 3.50. The van der Waals surface area contributed by atoms with Crippen molar-refractivity contribution in [2.24, 2.45) is 11.7 Å². The summed E-state index contributed by atoms with van der Waals surface area (Å²) in [6.07, 6.45) is 4.49. The highest BCUT2D eigenvalue weighted by molar-refractivity contribution is 9.10. The van der Waals surface area contributed by atoms with Gasteiger partial charge in [0.2, 0.25) is 0 Å². The van der Waals surface area contributed by atoms with Gasteiger partial charge in [-0.2, -0.15) is 0 Å². The Morgan fingerprint density at radius 2 is 1.96 bits per heavy atom. The smallest absolute Gasteiger partial charge is 0.273 e. The molecule has 1 amide bonds. The van der Waals surface area contributed by atoms with Crippen molar-refractivity contribution < 1.29 is 4.79 Å². The lowest BCUT2D eigenvalue weighted by Gasteiger charge is -2.11. The summed E-state index contributed by atoms with van der Waals surface area (Å²) in [4.78, 5) is 12.6. The molecule has 1 aromatic carbocycles. The van der Waals surface area contributed by atoms with E-state index in [1.807, 2.05) is 24.3 Å². The third kappa shape index (κ3) is 4.04. The quantitative estimate of drug-likeness (QED) is 0.744. The van der Waals surface area contributed by atoms with E-state index in [0.717, 1.165) is 28.7 Å². The first-order valence-electron chi connectivity index (χ1n) is 8.39. The third-order valence-electron chi connectivity index (χ3n) is 4.68. The van der Waals surface area contributed by atoms with Gasteiger partial charge in [-0.1, -0.05) is 21.1 Å². The van der Waals surface area contributed by atoms with E-state index < -0.39 is 0 Å². The zero-order valence-corrected chi connectivity index (χ0v) is 16.1. The van der Waals surface area contributed by atoms with Gasteiger partial charge in [0, 0.05) is 23.0 Å². The van der Waals surface area contributed by atoms with Crippen LogP contribution in [-0.4, -0.2) is 33.5 Å². The molecule has 2 aliphatic rings. The number of hydrogen-bond acceptors (Lipinski definition) is 4. The number of nitrogens with zero attached hydrogens (tertiary/aromatic N) is 3. The van der Waals surface area contributed by atoms with Crippen molar-refractivity contribution in [1.29, 1.82) is 0 Å². The van der Waals surface area contributed by atoms with Gasteiger partial charge in [-0.15, -0.1) is 17.5 Å². The van der Waals surface area contributed by atoms with Crippen molar-refractivity contribution in [2.45, 2.75) is 37.6 Å². The molecule has 2 aliphatic carbocycles. The summed E-state index contributed by atoms with van der Waals surface area (Å²) in [6.45, 7) is 0.499. The maximum absolute atomic E-state index is 12.6. The Hall–Kier alpha value is -1.44. The van der Waals surface area contributed by atoms with Crippen molar-refractivity contribution >= 4 is 34.2 Å². The minimum absolute atomic E-state index is 0. The number of nitrogens with two attached hydrogens (primary N) is 1. The summed E-state index contributed by atoms with van der Waals surface area (Å²) >= 11 is 3.44. The highest BCUT2D eigenvalue weighted by Crippen LogP contribution is 2.42. The molecule has 1 unspecified atom stereocenters. The van der Waals surface area contributed by atoms with Crippen LogP contribution in [0.25, 0.3) is 5.69 Å². The van der Waals surface area contributed by atoms with Gasteiger partial charge in [-0.3, -0.25) is 4.79 Å². The lowest BCUT2D eigenvalue weighted by molar-refractivity contribution is 0.0944. The third-order valence-corrected chi connectivity index (χ3v) is 5.21. The van der Waals surface area contributed by atoms with Crippen molar-refractivity contribution in [3.05, 3.63) is 40.1 Å². The molecule has 0 saturated heterocycles. The molecule has 2 saturated carbocycles. The van der Waals surface area contributed by atoms with Crippen LogP contribution in [0, 0.1) is 5.92 Å². The summed E-state index contributed by atoms with van der Waals surface area (Å²) in [7, 11) is 0. The number of carbonyl (C=O) groups is 1. The van der Waals surface area contributed by atoms with Gasteiger partial charge < -0.3 is 11.1 Å². The van der Waals surface area contributed by atoms with Gasteiger partial charge in [0.15, 0.2) is 5.69 Å². The van der Waals surface area contributed by atoms with Crippen molar-refractivity contribution in [3.63, 3.8) is 0 Å². The summed E-state index contributed by atoms with van der Waals surface area (Å²) < 4.78 is 2.80. The molecule has 0 aliphatic heterocycles. The van der Waals surface area contributed by atoms with Gasteiger partial charge in [-0.25, -0.2) is 4.68 Å². The number of nitrogens with one attached hydrogen (secondary N) is 1. The molecule has 1 heterocycles. The van der Waals surface area contributed by atoms with Gasteiger partial charge in [-0.05, 0) is 55.9 Å². The minimum Gasteiger partial charge on any atom is -0.349 e. The topological polar surface area (TPSA) is 85.8 Å². The number of carbonyl (C=O) groups excluding carboxylic acids is 1. The van der Waals surface area contributed by atoms with Crippen LogP contribution in [0.15, 0.2) is 28.7 Å². The summed E-state index contributed by atoms with van der Waals surface area (Å²) in [5, 5.41) is 11.3. The number of hydrogen-bond donors (Lipinski definition) is 2. The summed E-state index contributed by atoms with van der Waals surface area (Å²) in [6, 6.07) is 7.90. The zero-order chi connectivity index (χ0) is 16.7. The predicted molar refractivity (Wildman–Crippen MR) is 101 cm³/mol. The SMILES string of the molecule is Cl.NC(CNC(=O)c1nnn(-c2ccc(Br)cc2)c1C1CC1)C1CC1. The maximum Gasteiger partial charge on any atom is 0.273 e.